The first-order valence-corrected chi connectivity index (χ1v) is 9.83. The number of benzene rings is 2. The third-order valence-corrected chi connectivity index (χ3v) is 5.74. The number of aliphatic hydroxyl groups is 1. The standard InChI is InChI=1S/C18H19N3O5S/c22-10-9-19-17-8-6-15(21(23)24)12-18(17)20-27(25,26)16-7-5-13-3-1-2-4-14(13)11-16/h1-4,6,8,11-12,19-20,22H,5,7,9-10H2. The summed E-state index contributed by atoms with van der Waals surface area (Å²) in [4.78, 5) is 10.7. The van der Waals surface area contributed by atoms with Gasteiger partial charge < -0.3 is 10.4 Å². The number of non-ortho nitro benzene ring substituents is 1. The molecule has 0 unspecified atom stereocenters. The van der Waals surface area contributed by atoms with Crippen LogP contribution in [0.25, 0.3) is 6.08 Å². The van der Waals surface area contributed by atoms with Crippen LogP contribution in [0.1, 0.15) is 17.5 Å². The summed E-state index contributed by atoms with van der Waals surface area (Å²) < 4.78 is 28.1. The first kappa shape index (κ1) is 18.9. The number of fused-ring (bicyclic) bond motifs is 1. The fourth-order valence-electron chi connectivity index (χ4n) is 2.90. The summed E-state index contributed by atoms with van der Waals surface area (Å²) in [6.07, 6.45) is 2.58. The molecule has 0 radical (unpaired) electrons. The molecule has 1 aliphatic rings. The molecule has 8 nitrogen and oxygen atoms in total. The zero-order valence-electron chi connectivity index (χ0n) is 14.4. The Balaban J connectivity index is 1.94. The van der Waals surface area contributed by atoms with E-state index in [1.165, 1.54) is 12.1 Å². The lowest BCUT2D eigenvalue weighted by Crippen LogP contribution is -2.19. The van der Waals surface area contributed by atoms with E-state index in [0.29, 0.717) is 18.5 Å². The minimum atomic E-state index is -3.88. The van der Waals surface area contributed by atoms with Crippen LogP contribution in [-0.2, 0) is 16.4 Å². The predicted molar refractivity (Wildman–Crippen MR) is 104 cm³/mol. The van der Waals surface area contributed by atoms with Crippen LogP contribution in [0.5, 0.6) is 0 Å². The van der Waals surface area contributed by atoms with Crippen LogP contribution >= 0.6 is 0 Å². The number of nitrogens with one attached hydrogen (secondary N) is 2. The van der Waals surface area contributed by atoms with Gasteiger partial charge in [-0.15, -0.1) is 0 Å². The highest BCUT2D eigenvalue weighted by molar-refractivity contribution is 7.96. The third kappa shape index (κ3) is 4.26. The summed E-state index contributed by atoms with van der Waals surface area (Å²) in [5.41, 5.74) is 2.12. The van der Waals surface area contributed by atoms with E-state index in [9.17, 15) is 18.5 Å². The Morgan fingerprint density at radius 1 is 1.11 bits per heavy atom. The van der Waals surface area contributed by atoms with Gasteiger partial charge in [-0.2, -0.15) is 0 Å². The monoisotopic (exact) mass is 389 g/mol. The van der Waals surface area contributed by atoms with Crippen LogP contribution in [0.2, 0.25) is 0 Å². The van der Waals surface area contributed by atoms with Crippen molar-refractivity contribution < 1.29 is 18.4 Å². The number of hydrogen-bond donors (Lipinski definition) is 3. The lowest BCUT2D eigenvalue weighted by Gasteiger charge is -2.19. The largest absolute Gasteiger partial charge is 0.395 e. The van der Waals surface area contributed by atoms with Crippen LogP contribution in [0, 0.1) is 10.1 Å². The second kappa shape index (κ2) is 7.77. The molecule has 0 spiro atoms. The molecule has 0 aliphatic heterocycles. The van der Waals surface area contributed by atoms with Crippen LogP contribution < -0.4 is 10.0 Å². The molecule has 0 atom stereocenters. The molecule has 1 aliphatic carbocycles. The first-order chi connectivity index (χ1) is 12.9. The van der Waals surface area contributed by atoms with Gasteiger partial charge in [0.05, 0.1) is 27.8 Å². The summed E-state index contributed by atoms with van der Waals surface area (Å²) in [5.74, 6) is 0. The number of anilines is 2. The van der Waals surface area contributed by atoms with Gasteiger partial charge in [0.1, 0.15) is 0 Å². The van der Waals surface area contributed by atoms with E-state index >= 15 is 0 Å². The maximum atomic E-state index is 12.8. The summed E-state index contributed by atoms with van der Waals surface area (Å²) >= 11 is 0. The Morgan fingerprint density at radius 2 is 1.89 bits per heavy atom. The van der Waals surface area contributed by atoms with Gasteiger partial charge in [0.15, 0.2) is 0 Å². The van der Waals surface area contributed by atoms with E-state index in [1.54, 1.807) is 6.08 Å². The molecule has 142 valence electrons. The normalized spacial score (nSPS) is 13.4. The quantitative estimate of drug-likeness (QED) is 0.494. The van der Waals surface area contributed by atoms with Crippen molar-refractivity contribution in [3.05, 3.63) is 68.6 Å². The van der Waals surface area contributed by atoms with Crippen molar-refractivity contribution in [2.45, 2.75) is 12.8 Å². The molecular formula is C18H19N3O5S. The number of aryl methyl sites for hydroxylation is 1. The molecule has 0 saturated carbocycles. The van der Waals surface area contributed by atoms with Gasteiger partial charge in [0.25, 0.3) is 15.7 Å². The summed E-state index contributed by atoms with van der Waals surface area (Å²) in [5, 5.41) is 22.9. The van der Waals surface area contributed by atoms with Crippen molar-refractivity contribution in [1.29, 1.82) is 0 Å². The van der Waals surface area contributed by atoms with Gasteiger partial charge >= 0.3 is 0 Å². The summed E-state index contributed by atoms with van der Waals surface area (Å²) in [6, 6.07) is 11.4. The third-order valence-electron chi connectivity index (χ3n) is 4.24. The van der Waals surface area contributed by atoms with Crippen molar-refractivity contribution in [1.82, 2.24) is 0 Å². The van der Waals surface area contributed by atoms with Crippen molar-refractivity contribution in [3.8, 4) is 0 Å². The maximum Gasteiger partial charge on any atom is 0.271 e. The second-order valence-corrected chi connectivity index (χ2v) is 7.79. The zero-order chi connectivity index (χ0) is 19.4. The number of nitro groups is 1. The SMILES string of the molecule is O=[N+]([O-])c1ccc(NCCO)c(NS(=O)(=O)C2=Cc3ccccc3CC2)c1. The Labute approximate surface area is 156 Å². The molecule has 0 fully saturated rings. The molecule has 3 N–H and O–H groups in total. The van der Waals surface area contributed by atoms with Crippen LogP contribution in [-0.4, -0.2) is 31.6 Å². The average molecular weight is 389 g/mol. The van der Waals surface area contributed by atoms with Crippen LogP contribution in [0.4, 0.5) is 17.1 Å². The molecule has 0 bridgehead atoms. The summed E-state index contributed by atoms with van der Waals surface area (Å²) in [6.45, 7) is 0.0216. The minimum absolute atomic E-state index is 0.0670. The molecule has 0 heterocycles. The van der Waals surface area contributed by atoms with Crippen molar-refractivity contribution >= 4 is 33.2 Å². The lowest BCUT2D eigenvalue weighted by molar-refractivity contribution is -0.384. The molecular weight excluding hydrogens is 370 g/mol. The van der Waals surface area contributed by atoms with E-state index in [4.69, 9.17) is 5.11 Å². The molecule has 0 amide bonds. The Hall–Kier alpha value is -2.91. The number of nitro benzene ring substituents is 1. The maximum absolute atomic E-state index is 12.8. The minimum Gasteiger partial charge on any atom is -0.395 e. The van der Waals surface area contributed by atoms with E-state index in [0.717, 1.165) is 17.2 Å². The molecule has 2 aromatic carbocycles. The van der Waals surface area contributed by atoms with Gasteiger partial charge in [-0.05, 0) is 36.1 Å². The highest BCUT2D eigenvalue weighted by atomic mass is 32.2. The van der Waals surface area contributed by atoms with Crippen molar-refractivity contribution in [2.24, 2.45) is 0 Å². The zero-order valence-corrected chi connectivity index (χ0v) is 15.2. The number of hydrogen-bond acceptors (Lipinski definition) is 6. The van der Waals surface area contributed by atoms with Gasteiger partial charge in [-0.25, -0.2) is 8.42 Å². The topological polar surface area (TPSA) is 122 Å². The van der Waals surface area contributed by atoms with E-state index < -0.39 is 14.9 Å². The number of allylic oxidation sites excluding steroid dienone is 1. The van der Waals surface area contributed by atoms with Gasteiger partial charge in [-0.1, -0.05) is 24.3 Å². The Morgan fingerprint density at radius 3 is 2.63 bits per heavy atom. The molecule has 0 saturated heterocycles. The van der Waals surface area contributed by atoms with Crippen molar-refractivity contribution in [2.75, 3.05) is 23.2 Å². The Bertz CT molecular complexity index is 1000. The van der Waals surface area contributed by atoms with E-state index in [1.807, 2.05) is 24.3 Å². The van der Waals surface area contributed by atoms with E-state index in [-0.39, 0.29) is 29.4 Å². The molecule has 9 heteroatoms. The number of nitrogens with zero attached hydrogens (tertiary/aromatic N) is 1. The van der Waals surface area contributed by atoms with Gasteiger partial charge in [0.2, 0.25) is 0 Å². The molecule has 27 heavy (non-hydrogen) atoms. The second-order valence-electron chi connectivity index (χ2n) is 6.05. The number of rotatable bonds is 7. The average Bonchev–Trinajstić information content (AvgIpc) is 2.66. The lowest BCUT2D eigenvalue weighted by atomic mass is 9.98. The van der Waals surface area contributed by atoms with Crippen LogP contribution in [0.3, 0.4) is 0 Å². The number of aliphatic hydroxyl groups excluding tert-OH is 1. The molecule has 0 aromatic heterocycles. The Kier molecular flexibility index (Phi) is 5.43. The highest BCUT2D eigenvalue weighted by Gasteiger charge is 2.23. The van der Waals surface area contributed by atoms with Crippen LogP contribution in [0.15, 0.2) is 47.4 Å². The molecule has 3 rings (SSSR count). The predicted octanol–water partition coefficient (Wildman–Crippen LogP) is 2.73. The van der Waals surface area contributed by atoms with E-state index in [2.05, 4.69) is 10.0 Å². The number of sulfonamides is 1. The fourth-order valence-corrected chi connectivity index (χ4v) is 4.15. The molecule has 2 aromatic rings. The van der Waals surface area contributed by atoms with Gasteiger partial charge in [0, 0.05) is 18.7 Å². The first-order valence-electron chi connectivity index (χ1n) is 8.35. The highest BCUT2D eigenvalue weighted by Crippen LogP contribution is 2.32. The van der Waals surface area contributed by atoms with Gasteiger partial charge in [-0.3, -0.25) is 14.8 Å². The van der Waals surface area contributed by atoms with Crippen molar-refractivity contribution in [3.63, 3.8) is 0 Å². The smallest absolute Gasteiger partial charge is 0.271 e. The summed E-state index contributed by atoms with van der Waals surface area (Å²) in [7, 11) is -3.88. The fraction of sp³-hybridized carbons (Fsp3) is 0.222.